The van der Waals surface area contributed by atoms with Gasteiger partial charge in [0.05, 0.1) is 30.2 Å². The predicted octanol–water partition coefficient (Wildman–Crippen LogP) is 6.40. The zero-order valence-electron chi connectivity index (χ0n) is 26.5. The van der Waals surface area contributed by atoms with Gasteiger partial charge >= 0.3 is 5.97 Å². The maximum absolute atomic E-state index is 15.2. The van der Waals surface area contributed by atoms with Crippen molar-refractivity contribution in [3.63, 3.8) is 0 Å². The summed E-state index contributed by atoms with van der Waals surface area (Å²) in [6.45, 7) is 8.68. The Hall–Kier alpha value is -2.98. The number of carbonyl (C=O) groups excluding carboxylic acids is 1. The van der Waals surface area contributed by atoms with Crippen LogP contribution in [0, 0.1) is 5.92 Å². The molecule has 0 spiro atoms. The Kier molecular flexibility index (Phi) is 10.3. The molecule has 0 saturated carbocycles. The number of halogens is 2. The van der Waals surface area contributed by atoms with Gasteiger partial charge in [-0.1, -0.05) is 30.4 Å². The number of fused-ring (bicyclic) bond motifs is 1. The summed E-state index contributed by atoms with van der Waals surface area (Å²) in [5, 5.41) is 8.77. The third-order valence-electron chi connectivity index (χ3n) is 8.86. The normalized spacial score (nSPS) is 22.7. The summed E-state index contributed by atoms with van der Waals surface area (Å²) in [5.74, 6) is -2.57. The number of benzene rings is 1. The van der Waals surface area contributed by atoms with Crippen LogP contribution in [-0.4, -0.2) is 65.0 Å². The Morgan fingerprint density at radius 2 is 2.11 bits per heavy atom. The maximum Gasteiger partial charge on any atom is 0.328 e. The number of ether oxygens (including phenoxy) is 2. The topological polar surface area (TPSA) is 94.6 Å². The van der Waals surface area contributed by atoms with Crippen LogP contribution in [0.1, 0.15) is 96.2 Å². The molecule has 0 aliphatic carbocycles. The highest BCUT2D eigenvalue weighted by molar-refractivity contribution is 5.89. The standard InChI is InChI=1S/C34H49F2N5O3/c1-33(2,3)44-32(42)30(28-13-8-11-26-21-39-41(29(26)28)27-15-19-43-23-27)40-18-14-24(22-40)20-34(35,36)16-7-5-4-6-10-25-12-9-17-38-31(25)37/h6,8,10-11,13,21,24,27,30,38H,4-5,7,9,12,14-20,22-23,37H2,1-3H3/b10-6-/t24-,27-,30?/m0/s1. The average molecular weight is 614 g/mol. The van der Waals surface area contributed by atoms with Crippen LogP contribution >= 0.6 is 0 Å². The van der Waals surface area contributed by atoms with Crippen molar-refractivity contribution >= 4 is 16.9 Å². The number of hydrogen-bond donors (Lipinski definition) is 2. The minimum Gasteiger partial charge on any atom is -0.459 e. The van der Waals surface area contributed by atoms with Crippen molar-refractivity contribution in [2.45, 2.75) is 102 Å². The maximum atomic E-state index is 15.2. The highest BCUT2D eigenvalue weighted by atomic mass is 19.3. The third-order valence-corrected chi connectivity index (χ3v) is 8.86. The van der Waals surface area contributed by atoms with Crippen molar-refractivity contribution in [2.75, 3.05) is 32.8 Å². The van der Waals surface area contributed by atoms with Crippen molar-refractivity contribution in [1.82, 2.24) is 20.0 Å². The van der Waals surface area contributed by atoms with E-state index in [2.05, 4.69) is 10.4 Å². The van der Waals surface area contributed by atoms with E-state index in [9.17, 15) is 4.79 Å². The Balaban J connectivity index is 1.23. The molecule has 3 N–H and O–H groups in total. The number of alkyl halides is 2. The fourth-order valence-electron chi connectivity index (χ4n) is 6.76. The molecule has 2 fully saturated rings. The smallest absolute Gasteiger partial charge is 0.328 e. The van der Waals surface area contributed by atoms with Gasteiger partial charge in [-0.15, -0.1) is 0 Å². The minimum absolute atomic E-state index is 0.0907. The fraction of sp³-hybridized carbons (Fsp3) is 0.647. The molecule has 5 rings (SSSR count). The zero-order chi connectivity index (χ0) is 31.3. The Morgan fingerprint density at radius 3 is 2.86 bits per heavy atom. The van der Waals surface area contributed by atoms with Gasteiger partial charge in [0.1, 0.15) is 11.6 Å². The second-order valence-corrected chi connectivity index (χ2v) is 13.7. The third kappa shape index (κ3) is 8.18. The first-order chi connectivity index (χ1) is 21.0. The number of carbonyl (C=O) groups is 1. The second-order valence-electron chi connectivity index (χ2n) is 13.7. The summed E-state index contributed by atoms with van der Waals surface area (Å²) in [4.78, 5) is 15.8. The molecule has 1 aromatic carbocycles. The number of unbranched alkanes of at least 4 members (excludes halogenated alkanes) is 2. The minimum atomic E-state index is -2.74. The number of nitrogens with one attached hydrogen (secondary N) is 1. The average Bonchev–Trinajstić information content (AvgIpc) is 3.72. The predicted molar refractivity (Wildman–Crippen MR) is 168 cm³/mol. The number of rotatable bonds is 12. The molecule has 1 aromatic heterocycles. The van der Waals surface area contributed by atoms with Crippen molar-refractivity contribution in [3.8, 4) is 0 Å². The molecule has 10 heteroatoms. The van der Waals surface area contributed by atoms with Gasteiger partial charge in [0.2, 0.25) is 5.92 Å². The second kappa shape index (κ2) is 14.0. The first-order valence-electron chi connectivity index (χ1n) is 16.3. The molecule has 44 heavy (non-hydrogen) atoms. The molecular weight excluding hydrogens is 564 g/mol. The van der Waals surface area contributed by atoms with Crippen molar-refractivity contribution in [3.05, 3.63) is 53.5 Å². The van der Waals surface area contributed by atoms with Gasteiger partial charge in [0.25, 0.3) is 0 Å². The van der Waals surface area contributed by atoms with E-state index in [0.717, 1.165) is 60.1 Å². The molecule has 0 bridgehead atoms. The van der Waals surface area contributed by atoms with Crippen LogP contribution in [0.25, 0.3) is 10.9 Å². The molecule has 8 nitrogen and oxygen atoms in total. The lowest BCUT2D eigenvalue weighted by Crippen LogP contribution is -2.38. The van der Waals surface area contributed by atoms with Gasteiger partial charge in [0, 0.05) is 43.5 Å². The Labute approximate surface area is 260 Å². The molecule has 2 aromatic rings. The number of likely N-dealkylation sites (tertiary alicyclic amines) is 1. The van der Waals surface area contributed by atoms with Crippen LogP contribution in [0.2, 0.25) is 0 Å². The quantitative estimate of drug-likeness (QED) is 0.211. The van der Waals surface area contributed by atoms with Crippen LogP contribution in [-0.2, 0) is 14.3 Å². The largest absolute Gasteiger partial charge is 0.459 e. The van der Waals surface area contributed by atoms with Gasteiger partial charge in [-0.05, 0) is 83.8 Å². The van der Waals surface area contributed by atoms with E-state index in [1.807, 2.05) is 66.9 Å². The van der Waals surface area contributed by atoms with Crippen LogP contribution < -0.4 is 11.1 Å². The molecule has 242 valence electrons. The van der Waals surface area contributed by atoms with Crippen molar-refractivity contribution in [1.29, 1.82) is 0 Å². The number of nitrogens with zero attached hydrogens (tertiary/aromatic N) is 3. The summed E-state index contributed by atoms with van der Waals surface area (Å²) >= 11 is 0. The Morgan fingerprint density at radius 1 is 1.27 bits per heavy atom. The number of esters is 1. The number of aromatic nitrogens is 2. The van der Waals surface area contributed by atoms with E-state index in [1.165, 1.54) is 0 Å². The van der Waals surface area contributed by atoms with Crippen LogP contribution in [0.5, 0.6) is 0 Å². The van der Waals surface area contributed by atoms with E-state index < -0.39 is 17.6 Å². The summed E-state index contributed by atoms with van der Waals surface area (Å²) in [6, 6.07) is 5.27. The molecule has 2 saturated heterocycles. The Bertz CT molecular complexity index is 1340. The van der Waals surface area contributed by atoms with Gasteiger partial charge in [-0.25, -0.2) is 13.6 Å². The number of hydrogen-bond acceptors (Lipinski definition) is 7. The van der Waals surface area contributed by atoms with Gasteiger partial charge in [0.15, 0.2) is 0 Å². The van der Waals surface area contributed by atoms with E-state index in [-0.39, 0.29) is 30.8 Å². The summed E-state index contributed by atoms with van der Waals surface area (Å²) in [5.41, 5.74) is 8.11. The summed E-state index contributed by atoms with van der Waals surface area (Å²) in [7, 11) is 0. The SMILES string of the molecule is CC(C)(C)OC(=O)C(c1cccc2cnn([C@H]3CCOC3)c12)N1CC[C@@H](CC(F)(F)CCCC/C=C\C2=C(N)NCCC2)C1. The molecule has 0 radical (unpaired) electrons. The number of allylic oxidation sites excluding steroid dienone is 3. The van der Waals surface area contributed by atoms with E-state index >= 15 is 8.78 Å². The molecular formula is C34H49F2N5O3. The first-order valence-corrected chi connectivity index (χ1v) is 16.3. The molecule has 3 aliphatic rings. The van der Waals surface area contributed by atoms with E-state index in [1.54, 1.807) is 0 Å². The van der Waals surface area contributed by atoms with Gasteiger partial charge in [-0.3, -0.25) is 9.58 Å². The monoisotopic (exact) mass is 613 g/mol. The van der Waals surface area contributed by atoms with Gasteiger partial charge < -0.3 is 20.5 Å². The fourth-order valence-corrected chi connectivity index (χ4v) is 6.76. The molecule has 3 atom stereocenters. The number of nitrogens with two attached hydrogens (primary N) is 1. The molecule has 3 aliphatic heterocycles. The molecule has 4 heterocycles. The first kappa shape index (κ1) is 32.4. The van der Waals surface area contributed by atoms with Crippen LogP contribution in [0.4, 0.5) is 8.78 Å². The van der Waals surface area contributed by atoms with E-state index in [4.69, 9.17) is 15.2 Å². The molecule has 0 amide bonds. The van der Waals surface area contributed by atoms with Crippen molar-refractivity contribution in [2.24, 2.45) is 11.7 Å². The number of para-hydroxylation sites is 1. The van der Waals surface area contributed by atoms with Crippen molar-refractivity contribution < 1.29 is 23.0 Å². The lowest BCUT2D eigenvalue weighted by Gasteiger charge is -2.31. The summed E-state index contributed by atoms with van der Waals surface area (Å²) < 4.78 is 43.9. The van der Waals surface area contributed by atoms with Gasteiger partial charge in [-0.2, -0.15) is 5.10 Å². The lowest BCUT2D eigenvalue weighted by molar-refractivity contribution is -0.161. The highest BCUT2D eigenvalue weighted by Crippen LogP contribution is 2.39. The van der Waals surface area contributed by atoms with Crippen LogP contribution in [0.15, 0.2) is 47.9 Å². The lowest BCUT2D eigenvalue weighted by atomic mass is 9.96. The molecule has 1 unspecified atom stereocenters. The summed E-state index contributed by atoms with van der Waals surface area (Å²) in [6.07, 6.45) is 11.0. The van der Waals surface area contributed by atoms with E-state index in [0.29, 0.717) is 45.6 Å². The zero-order valence-corrected chi connectivity index (χ0v) is 26.5. The van der Waals surface area contributed by atoms with Crippen LogP contribution in [0.3, 0.4) is 0 Å². The highest BCUT2D eigenvalue weighted by Gasteiger charge is 2.41.